The van der Waals surface area contributed by atoms with Crippen molar-refractivity contribution in [2.45, 2.75) is 58.7 Å². The SMILES string of the molecule is CCC1CCCCN1C(=O)Cn1c(=O)n(CC)c2ccccc21. The number of carbonyl (C=O) groups excluding carboxylic acids is 1. The Morgan fingerprint density at radius 3 is 2.48 bits per heavy atom. The lowest BCUT2D eigenvalue weighted by molar-refractivity contribution is -0.135. The molecule has 5 heteroatoms. The molecule has 23 heavy (non-hydrogen) atoms. The lowest BCUT2D eigenvalue weighted by Crippen LogP contribution is -2.45. The molecule has 1 atom stereocenters. The Bertz CT molecular complexity index is 759. The predicted molar refractivity (Wildman–Crippen MR) is 91.5 cm³/mol. The van der Waals surface area contributed by atoms with Gasteiger partial charge in [0, 0.05) is 19.1 Å². The highest BCUT2D eigenvalue weighted by molar-refractivity contribution is 5.81. The molecule has 1 aliphatic heterocycles. The number of para-hydroxylation sites is 2. The van der Waals surface area contributed by atoms with Gasteiger partial charge < -0.3 is 4.90 Å². The Kier molecular flexibility index (Phi) is 4.55. The highest BCUT2D eigenvalue weighted by Gasteiger charge is 2.26. The zero-order valence-corrected chi connectivity index (χ0v) is 14.0. The third-order valence-electron chi connectivity index (χ3n) is 4.95. The summed E-state index contributed by atoms with van der Waals surface area (Å²) < 4.78 is 3.36. The van der Waals surface area contributed by atoms with Crippen LogP contribution in [-0.2, 0) is 17.9 Å². The van der Waals surface area contributed by atoms with Crippen LogP contribution >= 0.6 is 0 Å². The van der Waals surface area contributed by atoms with Crippen molar-refractivity contribution in [3.63, 3.8) is 0 Å². The zero-order valence-electron chi connectivity index (χ0n) is 14.0. The summed E-state index contributed by atoms with van der Waals surface area (Å²) in [5.41, 5.74) is 1.66. The fourth-order valence-corrected chi connectivity index (χ4v) is 3.71. The van der Waals surface area contributed by atoms with Gasteiger partial charge in [-0.3, -0.25) is 13.9 Å². The van der Waals surface area contributed by atoms with Crippen LogP contribution in [0.25, 0.3) is 11.0 Å². The van der Waals surface area contributed by atoms with Gasteiger partial charge in [-0.1, -0.05) is 19.1 Å². The van der Waals surface area contributed by atoms with E-state index in [1.165, 1.54) is 6.42 Å². The first-order valence-electron chi connectivity index (χ1n) is 8.64. The molecule has 0 N–H and O–H groups in total. The van der Waals surface area contributed by atoms with Crippen molar-refractivity contribution < 1.29 is 4.79 Å². The number of nitrogens with zero attached hydrogens (tertiary/aromatic N) is 3. The van der Waals surface area contributed by atoms with E-state index in [4.69, 9.17) is 0 Å². The van der Waals surface area contributed by atoms with Crippen LogP contribution in [0.5, 0.6) is 0 Å². The van der Waals surface area contributed by atoms with Gasteiger partial charge in [0.25, 0.3) is 0 Å². The number of rotatable bonds is 4. The molecular weight excluding hydrogens is 290 g/mol. The molecule has 2 heterocycles. The maximum absolute atomic E-state index is 12.8. The van der Waals surface area contributed by atoms with Crippen LogP contribution in [0.15, 0.2) is 29.1 Å². The molecule has 0 bridgehead atoms. The van der Waals surface area contributed by atoms with Crippen molar-refractivity contribution in [3.05, 3.63) is 34.7 Å². The van der Waals surface area contributed by atoms with E-state index in [0.29, 0.717) is 12.6 Å². The summed E-state index contributed by atoms with van der Waals surface area (Å²) in [6.07, 6.45) is 4.32. The molecule has 1 aliphatic rings. The number of amides is 1. The molecular formula is C18H25N3O2. The number of aryl methyl sites for hydroxylation is 1. The maximum Gasteiger partial charge on any atom is 0.329 e. The largest absolute Gasteiger partial charge is 0.338 e. The summed E-state index contributed by atoms with van der Waals surface area (Å²) in [6.45, 7) is 5.66. The van der Waals surface area contributed by atoms with Crippen LogP contribution in [0.3, 0.4) is 0 Å². The maximum atomic E-state index is 12.8. The zero-order chi connectivity index (χ0) is 16.4. The van der Waals surface area contributed by atoms with E-state index in [1.54, 1.807) is 9.13 Å². The molecule has 1 aromatic heterocycles. The second-order valence-corrected chi connectivity index (χ2v) is 6.25. The van der Waals surface area contributed by atoms with Crippen LogP contribution < -0.4 is 5.69 Å². The third-order valence-corrected chi connectivity index (χ3v) is 4.95. The summed E-state index contributed by atoms with van der Waals surface area (Å²) in [6, 6.07) is 8.03. The van der Waals surface area contributed by atoms with E-state index in [1.807, 2.05) is 36.1 Å². The molecule has 5 nitrogen and oxygen atoms in total. The number of aromatic nitrogens is 2. The van der Waals surface area contributed by atoms with E-state index >= 15 is 0 Å². The van der Waals surface area contributed by atoms with Crippen LogP contribution in [0.4, 0.5) is 0 Å². The number of likely N-dealkylation sites (tertiary alicyclic amines) is 1. The van der Waals surface area contributed by atoms with Crippen LogP contribution in [-0.4, -0.2) is 32.5 Å². The second kappa shape index (κ2) is 6.60. The predicted octanol–water partition coefficient (Wildman–Crippen LogP) is 2.61. The van der Waals surface area contributed by atoms with Crippen LogP contribution in [0.1, 0.15) is 39.5 Å². The molecule has 0 aliphatic carbocycles. The molecule has 1 fully saturated rings. The fourth-order valence-electron chi connectivity index (χ4n) is 3.71. The van der Waals surface area contributed by atoms with Gasteiger partial charge in [-0.05, 0) is 44.7 Å². The van der Waals surface area contributed by atoms with Crippen molar-refractivity contribution in [1.82, 2.24) is 14.0 Å². The lowest BCUT2D eigenvalue weighted by Gasteiger charge is -2.35. The monoisotopic (exact) mass is 315 g/mol. The first-order valence-corrected chi connectivity index (χ1v) is 8.64. The van der Waals surface area contributed by atoms with Gasteiger partial charge in [0.15, 0.2) is 0 Å². The smallest absolute Gasteiger partial charge is 0.329 e. The number of hydrogen-bond donors (Lipinski definition) is 0. The van der Waals surface area contributed by atoms with Gasteiger partial charge in [0.05, 0.1) is 11.0 Å². The standard InChI is InChI=1S/C18H25N3O2/c1-3-14-9-7-8-12-20(14)17(22)13-21-16-11-6-5-10-15(16)19(4-2)18(21)23/h5-6,10-11,14H,3-4,7-9,12-13H2,1-2H3. The Hall–Kier alpha value is -2.04. The number of fused-ring (bicyclic) bond motifs is 1. The van der Waals surface area contributed by atoms with Gasteiger partial charge in [-0.2, -0.15) is 0 Å². The van der Waals surface area contributed by atoms with Gasteiger partial charge in [-0.15, -0.1) is 0 Å². The Balaban J connectivity index is 1.94. The molecule has 1 amide bonds. The summed E-state index contributed by atoms with van der Waals surface area (Å²) in [5.74, 6) is 0.0673. The van der Waals surface area contributed by atoms with Gasteiger partial charge in [0.1, 0.15) is 6.54 Å². The number of benzene rings is 1. The highest BCUT2D eigenvalue weighted by atomic mass is 16.2. The molecule has 124 valence electrons. The molecule has 0 radical (unpaired) electrons. The molecule has 3 rings (SSSR count). The average Bonchev–Trinajstić information content (AvgIpc) is 2.86. The van der Waals surface area contributed by atoms with E-state index in [9.17, 15) is 9.59 Å². The van der Waals surface area contributed by atoms with E-state index < -0.39 is 0 Å². The van der Waals surface area contributed by atoms with Crippen molar-refractivity contribution in [2.24, 2.45) is 0 Å². The lowest BCUT2D eigenvalue weighted by atomic mass is 10.00. The van der Waals surface area contributed by atoms with E-state index in [-0.39, 0.29) is 18.1 Å². The minimum absolute atomic E-state index is 0.0673. The van der Waals surface area contributed by atoms with Gasteiger partial charge in [0.2, 0.25) is 5.91 Å². The first-order chi connectivity index (χ1) is 11.2. The van der Waals surface area contributed by atoms with E-state index in [0.717, 1.165) is 36.8 Å². The van der Waals surface area contributed by atoms with Gasteiger partial charge in [-0.25, -0.2) is 4.79 Å². The highest BCUT2D eigenvalue weighted by Crippen LogP contribution is 2.20. The van der Waals surface area contributed by atoms with E-state index in [2.05, 4.69) is 6.92 Å². The van der Waals surface area contributed by atoms with Crippen LogP contribution in [0.2, 0.25) is 0 Å². The number of imidazole rings is 1. The fraction of sp³-hybridized carbons (Fsp3) is 0.556. The minimum atomic E-state index is -0.0906. The molecule has 1 aromatic carbocycles. The summed E-state index contributed by atoms with van der Waals surface area (Å²) in [4.78, 5) is 27.4. The molecule has 0 saturated carbocycles. The number of carbonyl (C=O) groups is 1. The van der Waals surface area contributed by atoms with Crippen molar-refractivity contribution in [1.29, 1.82) is 0 Å². The molecule has 0 spiro atoms. The summed E-state index contributed by atoms with van der Waals surface area (Å²) in [7, 11) is 0. The van der Waals surface area contributed by atoms with Crippen molar-refractivity contribution in [3.8, 4) is 0 Å². The summed E-state index contributed by atoms with van der Waals surface area (Å²) >= 11 is 0. The normalized spacial score (nSPS) is 18.5. The van der Waals surface area contributed by atoms with Crippen LogP contribution in [0, 0.1) is 0 Å². The topological polar surface area (TPSA) is 47.2 Å². The molecule has 1 saturated heterocycles. The first kappa shape index (κ1) is 15.8. The average molecular weight is 315 g/mol. The second-order valence-electron chi connectivity index (χ2n) is 6.25. The Morgan fingerprint density at radius 2 is 1.83 bits per heavy atom. The van der Waals surface area contributed by atoms with Crippen molar-refractivity contribution >= 4 is 16.9 Å². The number of hydrogen-bond acceptors (Lipinski definition) is 2. The molecule has 1 unspecified atom stereocenters. The Labute approximate surface area is 136 Å². The summed E-state index contributed by atoms with van der Waals surface area (Å²) in [5, 5.41) is 0. The molecule has 2 aromatic rings. The number of piperidine rings is 1. The Morgan fingerprint density at radius 1 is 1.13 bits per heavy atom. The van der Waals surface area contributed by atoms with Gasteiger partial charge >= 0.3 is 5.69 Å². The third kappa shape index (κ3) is 2.80. The van der Waals surface area contributed by atoms with Crippen molar-refractivity contribution in [2.75, 3.05) is 6.54 Å². The quantitative estimate of drug-likeness (QED) is 0.871. The minimum Gasteiger partial charge on any atom is -0.338 e.